The van der Waals surface area contributed by atoms with Crippen molar-refractivity contribution in [1.82, 2.24) is 10.6 Å². The molecule has 21 heavy (non-hydrogen) atoms. The van der Waals surface area contributed by atoms with E-state index in [0.29, 0.717) is 11.3 Å². The lowest BCUT2D eigenvalue weighted by atomic mass is 10.2. The molecule has 1 aromatic carbocycles. The van der Waals surface area contributed by atoms with Crippen molar-refractivity contribution in [3.63, 3.8) is 0 Å². The summed E-state index contributed by atoms with van der Waals surface area (Å²) in [6.07, 6.45) is 1.55. The van der Waals surface area contributed by atoms with Gasteiger partial charge < -0.3 is 15.1 Å². The number of nitrogens with one attached hydrogen (secondary N) is 2. The van der Waals surface area contributed by atoms with Gasteiger partial charge in [-0.2, -0.15) is 0 Å². The summed E-state index contributed by atoms with van der Waals surface area (Å²) in [6, 6.07) is 10.5. The summed E-state index contributed by atoms with van der Waals surface area (Å²) in [5.74, 6) is 0.145. The molecule has 0 aliphatic heterocycles. The van der Waals surface area contributed by atoms with Crippen LogP contribution in [0.2, 0.25) is 0 Å². The minimum Gasteiger partial charge on any atom is -0.467 e. The lowest BCUT2D eigenvalue weighted by molar-refractivity contribution is -0.120. The zero-order valence-corrected chi connectivity index (χ0v) is 13.6. The topological polar surface area (TPSA) is 71.3 Å². The number of carbonyl (C=O) groups excluding carboxylic acids is 2. The highest BCUT2D eigenvalue weighted by Crippen LogP contribution is 2.12. The van der Waals surface area contributed by atoms with Crippen LogP contribution in [0.4, 0.5) is 0 Å². The maximum Gasteiger partial charge on any atom is 0.252 e. The molecule has 6 heteroatoms. The largest absolute Gasteiger partial charge is 0.467 e. The number of halogens is 1. The standard InChI is InChI=1S/C15H15IN2O3/c1-10(13-7-4-8-21-13)18-14(19)9-17-15(20)11-5-2-3-6-12(11)16/h2-8,10H,9H2,1H3,(H,17,20)(H,18,19)/t10-/m1/s1. The average Bonchev–Trinajstić information content (AvgIpc) is 2.99. The van der Waals surface area contributed by atoms with Crippen molar-refractivity contribution in [3.8, 4) is 0 Å². The average molecular weight is 398 g/mol. The quantitative estimate of drug-likeness (QED) is 0.761. The Hall–Kier alpha value is -1.83. The Morgan fingerprint density at radius 2 is 2.00 bits per heavy atom. The molecule has 0 aliphatic carbocycles. The van der Waals surface area contributed by atoms with Crippen molar-refractivity contribution in [2.75, 3.05) is 6.54 Å². The molecule has 110 valence electrons. The molecular weight excluding hydrogens is 383 g/mol. The molecule has 0 saturated heterocycles. The third-order valence-electron chi connectivity index (χ3n) is 2.88. The van der Waals surface area contributed by atoms with Gasteiger partial charge in [0.05, 0.1) is 24.4 Å². The first-order chi connectivity index (χ1) is 10.1. The highest BCUT2D eigenvalue weighted by molar-refractivity contribution is 14.1. The summed E-state index contributed by atoms with van der Waals surface area (Å²) in [6.45, 7) is 1.74. The number of furan rings is 1. The zero-order chi connectivity index (χ0) is 15.2. The van der Waals surface area contributed by atoms with E-state index < -0.39 is 0 Å². The molecule has 0 unspecified atom stereocenters. The van der Waals surface area contributed by atoms with Gasteiger partial charge in [0.25, 0.3) is 5.91 Å². The molecule has 2 aromatic rings. The maximum atomic E-state index is 12.0. The molecule has 0 radical (unpaired) electrons. The Balaban J connectivity index is 1.84. The monoisotopic (exact) mass is 398 g/mol. The fourth-order valence-electron chi connectivity index (χ4n) is 1.80. The summed E-state index contributed by atoms with van der Waals surface area (Å²) in [4.78, 5) is 23.8. The van der Waals surface area contributed by atoms with Gasteiger partial charge in [-0.3, -0.25) is 9.59 Å². The predicted molar refractivity (Wildman–Crippen MR) is 86.8 cm³/mol. The van der Waals surface area contributed by atoms with Crippen LogP contribution < -0.4 is 10.6 Å². The van der Waals surface area contributed by atoms with Gasteiger partial charge >= 0.3 is 0 Å². The Labute approximate surface area is 136 Å². The van der Waals surface area contributed by atoms with E-state index in [1.165, 1.54) is 0 Å². The van der Waals surface area contributed by atoms with Gasteiger partial charge in [0.15, 0.2) is 0 Å². The van der Waals surface area contributed by atoms with E-state index in [1.807, 2.05) is 19.1 Å². The molecular formula is C15H15IN2O3. The zero-order valence-electron chi connectivity index (χ0n) is 11.4. The van der Waals surface area contributed by atoms with Crippen LogP contribution in [-0.2, 0) is 4.79 Å². The number of rotatable bonds is 5. The lowest BCUT2D eigenvalue weighted by Gasteiger charge is -2.12. The Morgan fingerprint density at radius 3 is 2.67 bits per heavy atom. The third kappa shape index (κ3) is 4.32. The van der Waals surface area contributed by atoms with Crippen LogP contribution in [0.1, 0.15) is 29.1 Å². The molecule has 1 aromatic heterocycles. The van der Waals surface area contributed by atoms with Crippen LogP contribution in [0, 0.1) is 3.57 Å². The molecule has 0 spiro atoms. The first kappa shape index (κ1) is 15.6. The molecule has 2 rings (SSSR count). The number of hydrogen-bond donors (Lipinski definition) is 2. The van der Waals surface area contributed by atoms with Crippen LogP contribution >= 0.6 is 22.6 Å². The summed E-state index contributed by atoms with van der Waals surface area (Å²) in [5.41, 5.74) is 0.560. The van der Waals surface area contributed by atoms with Crippen molar-refractivity contribution in [1.29, 1.82) is 0 Å². The van der Waals surface area contributed by atoms with Crippen molar-refractivity contribution in [2.24, 2.45) is 0 Å². The van der Waals surface area contributed by atoms with E-state index in [-0.39, 0.29) is 24.4 Å². The molecule has 5 nitrogen and oxygen atoms in total. The number of benzene rings is 1. The second kappa shape index (κ2) is 7.26. The molecule has 0 fully saturated rings. The van der Waals surface area contributed by atoms with Crippen molar-refractivity contribution in [2.45, 2.75) is 13.0 Å². The highest BCUT2D eigenvalue weighted by atomic mass is 127. The highest BCUT2D eigenvalue weighted by Gasteiger charge is 2.14. The smallest absolute Gasteiger partial charge is 0.252 e. The van der Waals surface area contributed by atoms with Crippen LogP contribution in [-0.4, -0.2) is 18.4 Å². The number of hydrogen-bond acceptors (Lipinski definition) is 3. The summed E-state index contributed by atoms with van der Waals surface area (Å²) in [7, 11) is 0. The van der Waals surface area contributed by atoms with Crippen LogP contribution in [0.25, 0.3) is 0 Å². The van der Waals surface area contributed by atoms with Gasteiger partial charge in [0.1, 0.15) is 5.76 Å². The van der Waals surface area contributed by atoms with E-state index in [4.69, 9.17) is 4.42 Å². The molecule has 0 saturated carbocycles. The SMILES string of the molecule is C[C@@H](NC(=O)CNC(=O)c1ccccc1I)c1ccco1. The van der Waals surface area contributed by atoms with E-state index in [2.05, 4.69) is 33.2 Å². The van der Waals surface area contributed by atoms with Crippen molar-refractivity contribution in [3.05, 3.63) is 57.6 Å². The molecule has 0 bridgehead atoms. The minimum atomic E-state index is -0.266. The summed E-state index contributed by atoms with van der Waals surface area (Å²) < 4.78 is 6.05. The van der Waals surface area contributed by atoms with E-state index in [9.17, 15) is 9.59 Å². The second-order valence-electron chi connectivity index (χ2n) is 4.47. The third-order valence-corrected chi connectivity index (χ3v) is 3.82. The fourth-order valence-corrected chi connectivity index (χ4v) is 2.43. The van der Waals surface area contributed by atoms with Gasteiger partial charge in [0.2, 0.25) is 5.91 Å². The number of carbonyl (C=O) groups is 2. The summed E-state index contributed by atoms with van der Waals surface area (Å²) in [5, 5.41) is 5.36. The van der Waals surface area contributed by atoms with Gasteiger partial charge in [-0.05, 0) is 53.8 Å². The van der Waals surface area contributed by atoms with Gasteiger partial charge in [-0.25, -0.2) is 0 Å². The number of amides is 2. The Kier molecular flexibility index (Phi) is 5.38. The van der Waals surface area contributed by atoms with Crippen LogP contribution in [0.3, 0.4) is 0 Å². The first-order valence-corrected chi connectivity index (χ1v) is 7.51. The van der Waals surface area contributed by atoms with Gasteiger partial charge in [-0.1, -0.05) is 12.1 Å². The normalized spacial score (nSPS) is 11.7. The fraction of sp³-hybridized carbons (Fsp3) is 0.200. The van der Waals surface area contributed by atoms with Gasteiger partial charge in [-0.15, -0.1) is 0 Å². The molecule has 2 amide bonds. The summed E-state index contributed by atoms with van der Waals surface area (Å²) >= 11 is 2.09. The first-order valence-electron chi connectivity index (χ1n) is 6.43. The van der Waals surface area contributed by atoms with Gasteiger partial charge in [0, 0.05) is 3.57 Å². The van der Waals surface area contributed by atoms with Crippen molar-refractivity contribution < 1.29 is 14.0 Å². The lowest BCUT2D eigenvalue weighted by Crippen LogP contribution is -2.38. The molecule has 2 N–H and O–H groups in total. The van der Waals surface area contributed by atoms with Crippen LogP contribution in [0.15, 0.2) is 47.1 Å². The molecule has 1 heterocycles. The Morgan fingerprint density at radius 1 is 1.24 bits per heavy atom. The van der Waals surface area contributed by atoms with E-state index in [0.717, 1.165) is 3.57 Å². The maximum absolute atomic E-state index is 12.0. The molecule has 0 aliphatic rings. The predicted octanol–water partition coefficient (Wildman–Crippen LogP) is 2.49. The van der Waals surface area contributed by atoms with E-state index in [1.54, 1.807) is 30.5 Å². The van der Waals surface area contributed by atoms with E-state index >= 15 is 0 Å². The van der Waals surface area contributed by atoms with Crippen molar-refractivity contribution >= 4 is 34.4 Å². The Bertz CT molecular complexity index is 626. The van der Waals surface area contributed by atoms with Crippen LogP contribution in [0.5, 0.6) is 0 Å². The minimum absolute atomic E-state index is 0.0745. The molecule has 1 atom stereocenters. The second-order valence-corrected chi connectivity index (χ2v) is 5.63.